The normalized spacial score (nSPS) is 12.1. The molecule has 2 rings (SSSR count). The zero-order valence-corrected chi connectivity index (χ0v) is 9.71. The maximum absolute atomic E-state index is 12.0. The molecule has 0 aliphatic heterocycles. The summed E-state index contributed by atoms with van der Waals surface area (Å²) in [6.45, 7) is -0.688. The number of nitrogens with zero attached hydrogens (tertiary/aromatic N) is 1. The molecule has 2 aromatic rings. The van der Waals surface area contributed by atoms with Gasteiger partial charge in [-0.15, -0.1) is 0 Å². The van der Waals surface area contributed by atoms with Gasteiger partial charge in [0.05, 0.1) is 12.4 Å². The van der Waals surface area contributed by atoms with E-state index in [0.29, 0.717) is 16.8 Å². The van der Waals surface area contributed by atoms with Gasteiger partial charge in [-0.05, 0) is 24.6 Å². The second-order valence-electron chi connectivity index (χ2n) is 3.57. The van der Waals surface area contributed by atoms with Crippen molar-refractivity contribution in [2.75, 3.05) is 18.2 Å². The highest BCUT2D eigenvalue weighted by atomic mass is 32.2. The first-order chi connectivity index (χ1) is 8.03. The van der Waals surface area contributed by atoms with Crippen LogP contribution in [-0.4, -0.2) is 25.8 Å². The third kappa shape index (κ3) is 2.38. The molecular formula is C10H11FN2O3S. The van der Waals surface area contributed by atoms with Gasteiger partial charge in [0.1, 0.15) is 5.52 Å². The summed E-state index contributed by atoms with van der Waals surface area (Å²) < 4.78 is 40.5. The minimum absolute atomic E-state index is 0.0663. The number of halogens is 1. The Morgan fingerprint density at radius 3 is 2.88 bits per heavy atom. The van der Waals surface area contributed by atoms with E-state index in [0.717, 1.165) is 0 Å². The molecule has 0 unspecified atom stereocenters. The molecule has 2 N–H and O–H groups in total. The van der Waals surface area contributed by atoms with Gasteiger partial charge in [0.2, 0.25) is 9.84 Å². The van der Waals surface area contributed by atoms with E-state index < -0.39 is 16.5 Å². The summed E-state index contributed by atoms with van der Waals surface area (Å²) in [7, 11) is -3.66. The molecule has 0 spiro atoms. The number of hydrogen-bond donors (Lipinski definition) is 1. The van der Waals surface area contributed by atoms with Gasteiger partial charge in [0, 0.05) is 5.69 Å². The molecule has 7 heteroatoms. The van der Waals surface area contributed by atoms with Crippen LogP contribution in [0, 0.1) is 0 Å². The standard InChI is InChI=1S/C10H11FN2O3S/c11-4-1-5-17(14,15)10-13-8-6-7(12)2-3-9(8)16-10/h2-3,6H,1,4-5,12H2. The molecule has 17 heavy (non-hydrogen) atoms. The summed E-state index contributed by atoms with van der Waals surface area (Å²) in [4.78, 5) is 3.84. The summed E-state index contributed by atoms with van der Waals surface area (Å²) >= 11 is 0. The van der Waals surface area contributed by atoms with Crippen LogP contribution in [0.15, 0.2) is 27.8 Å². The van der Waals surface area contributed by atoms with E-state index in [1.54, 1.807) is 12.1 Å². The number of anilines is 1. The highest BCUT2D eigenvalue weighted by Crippen LogP contribution is 2.21. The molecular weight excluding hydrogens is 247 g/mol. The number of oxazole rings is 1. The number of nitrogens with two attached hydrogens (primary N) is 1. The molecule has 0 fully saturated rings. The summed E-state index contributed by atoms with van der Waals surface area (Å²) in [5.41, 5.74) is 6.74. The Morgan fingerprint density at radius 1 is 1.41 bits per heavy atom. The first-order valence-corrected chi connectivity index (χ1v) is 6.63. The van der Waals surface area contributed by atoms with Crippen LogP contribution in [0.2, 0.25) is 0 Å². The molecule has 0 aliphatic carbocycles. The van der Waals surface area contributed by atoms with Crippen molar-refractivity contribution in [1.29, 1.82) is 0 Å². The van der Waals surface area contributed by atoms with Gasteiger partial charge in [-0.3, -0.25) is 4.39 Å². The minimum Gasteiger partial charge on any atom is -0.428 e. The third-order valence-electron chi connectivity index (χ3n) is 2.20. The Kier molecular flexibility index (Phi) is 3.01. The average Bonchev–Trinajstić information content (AvgIpc) is 2.70. The maximum atomic E-state index is 12.0. The van der Waals surface area contributed by atoms with Gasteiger partial charge in [-0.2, -0.15) is 4.98 Å². The van der Waals surface area contributed by atoms with Gasteiger partial charge in [0.15, 0.2) is 5.58 Å². The lowest BCUT2D eigenvalue weighted by atomic mass is 10.3. The van der Waals surface area contributed by atoms with Crippen LogP contribution in [0.4, 0.5) is 10.1 Å². The molecule has 0 amide bonds. The molecule has 0 atom stereocenters. The van der Waals surface area contributed by atoms with Crippen LogP contribution >= 0.6 is 0 Å². The summed E-state index contributed by atoms with van der Waals surface area (Å²) in [5, 5.41) is -0.383. The van der Waals surface area contributed by atoms with Gasteiger partial charge in [-0.1, -0.05) is 0 Å². The zero-order valence-electron chi connectivity index (χ0n) is 8.89. The van der Waals surface area contributed by atoms with Crippen LogP contribution < -0.4 is 5.73 Å². The Bertz CT molecular complexity index is 636. The van der Waals surface area contributed by atoms with Crippen molar-refractivity contribution in [2.45, 2.75) is 11.6 Å². The number of sulfone groups is 1. The van der Waals surface area contributed by atoms with Crippen molar-refractivity contribution in [3.8, 4) is 0 Å². The lowest BCUT2D eigenvalue weighted by Crippen LogP contribution is -2.07. The summed E-state index contributed by atoms with van der Waals surface area (Å²) in [5.74, 6) is -0.314. The van der Waals surface area contributed by atoms with Gasteiger partial charge in [0.25, 0.3) is 0 Å². The highest BCUT2D eigenvalue weighted by Gasteiger charge is 2.21. The fourth-order valence-electron chi connectivity index (χ4n) is 1.39. The molecule has 0 saturated carbocycles. The number of alkyl halides is 1. The number of rotatable bonds is 4. The van der Waals surface area contributed by atoms with Crippen molar-refractivity contribution in [3.05, 3.63) is 18.2 Å². The third-order valence-corrected chi connectivity index (χ3v) is 3.74. The SMILES string of the molecule is Nc1ccc2oc(S(=O)(=O)CCCF)nc2c1. The van der Waals surface area contributed by atoms with Gasteiger partial charge >= 0.3 is 5.22 Å². The lowest BCUT2D eigenvalue weighted by molar-refractivity contribution is 0.451. The van der Waals surface area contributed by atoms with Crippen LogP contribution in [0.25, 0.3) is 11.1 Å². The van der Waals surface area contributed by atoms with Crippen LogP contribution in [0.3, 0.4) is 0 Å². The van der Waals surface area contributed by atoms with E-state index in [4.69, 9.17) is 10.2 Å². The second-order valence-corrected chi connectivity index (χ2v) is 5.56. The van der Waals surface area contributed by atoms with Crippen LogP contribution in [0.1, 0.15) is 6.42 Å². The van der Waals surface area contributed by atoms with E-state index in [9.17, 15) is 12.8 Å². The predicted molar refractivity (Wildman–Crippen MR) is 61.1 cm³/mol. The second kappa shape index (κ2) is 4.33. The van der Waals surface area contributed by atoms with E-state index in [-0.39, 0.29) is 17.4 Å². The van der Waals surface area contributed by atoms with Crippen molar-refractivity contribution < 1.29 is 17.2 Å². The number of benzene rings is 1. The monoisotopic (exact) mass is 258 g/mol. The molecule has 1 heterocycles. The molecule has 1 aromatic heterocycles. The fraction of sp³-hybridized carbons (Fsp3) is 0.300. The van der Waals surface area contributed by atoms with Gasteiger partial charge < -0.3 is 10.2 Å². The van der Waals surface area contributed by atoms with Crippen molar-refractivity contribution >= 4 is 26.6 Å². The Labute approximate surface area is 97.4 Å². The van der Waals surface area contributed by atoms with Crippen LogP contribution in [-0.2, 0) is 9.84 Å². The first-order valence-electron chi connectivity index (χ1n) is 4.98. The topological polar surface area (TPSA) is 86.2 Å². The Balaban J connectivity index is 2.43. The maximum Gasteiger partial charge on any atom is 0.316 e. The zero-order chi connectivity index (χ0) is 12.5. The average molecular weight is 258 g/mol. The lowest BCUT2D eigenvalue weighted by Gasteiger charge is -1.95. The largest absolute Gasteiger partial charge is 0.428 e. The minimum atomic E-state index is -3.66. The fourth-order valence-corrected chi connectivity index (χ4v) is 2.51. The highest BCUT2D eigenvalue weighted by molar-refractivity contribution is 7.91. The first kappa shape index (κ1) is 11.8. The Hall–Kier alpha value is -1.63. The number of fused-ring (bicyclic) bond motifs is 1. The van der Waals surface area contributed by atoms with E-state index in [2.05, 4.69) is 4.98 Å². The van der Waals surface area contributed by atoms with E-state index in [1.165, 1.54) is 6.07 Å². The predicted octanol–water partition coefficient (Wildman–Crippen LogP) is 1.54. The quantitative estimate of drug-likeness (QED) is 0.841. The Morgan fingerprint density at radius 2 is 2.18 bits per heavy atom. The number of nitrogen functional groups attached to an aromatic ring is 1. The number of aromatic nitrogens is 1. The van der Waals surface area contributed by atoms with Crippen molar-refractivity contribution in [1.82, 2.24) is 4.98 Å². The van der Waals surface area contributed by atoms with E-state index >= 15 is 0 Å². The molecule has 92 valence electrons. The molecule has 0 bridgehead atoms. The summed E-state index contributed by atoms with van der Waals surface area (Å²) in [6.07, 6.45) is -0.0663. The molecule has 0 aliphatic rings. The van der Waals surface area contributed by atoms with Crippen molar-refractivity contribution in [2.24, 2.45) is 0 Å². The van der Waals surface area contributed by atoms with Gasteiger partial charge in [-0.25, -0.2) is 8.42 Å². The smallest absolute Gasteiger partial charge is 0.316 e. The molecule has 1 aromatic carbocycles. The summed E-state index contributed by atoms with van der Waals surface area (Å²) in [6, 6.07) is 4.66. The molecule has 0 radical (unpaired) electrons. The van der Waals surface area contributed by atoms with E-state index in [1.807, 2.05) is 0 Å². The van der Waals surface area contributed by atoms with Crippen molar-refractivity contribution in [3.63, 3.8) is 0 Å². The van der Waals surface area contributed by atoms with Crippen LogP contribution in [0.5, 0.6) is 0 Å². The number of hydrogen-bond acceptors (Lipinski definition) is 5. The molecule has 5 nitrogen and oxygen atoms in total. The molecule has 0 saturated heterocycles.